The number of aliphatic hydroxyl groups is 2. The molecule has 0 saturated heterocycles. The second-order valence-electron chi connectivity index (χ2n) is 9.59. The highest BCUT2D eigenvalue weighted by Crippen LogP contribution is 2.60. The molecule has 4 heteroatoms. The Morgan fingerprint density at radius 3 is 2.59 bits per heavy atom. The fourth-order valence-electron chi connectivity index (χ4n) is 5.67. The quantitative estimate of drug-likeness (QED) is 0.391. The van der Waals surface area contributed by atoms with Gasteiger partial charge in [0, 0.05) is 6.08 Å². The number of allylic oxidation sites excluding steroid dienone is 3. The summed E-state index contributed by atoms with van der Waals surface area (Å²) in [6.45, 7) is 10.9. The van der Waals surface area contributed by atoms with Crippen LogP contribution in [0.3, 0.4) is 0 Å². The molecule has 1 saturated carbocycles. The summed E-state index contributed by atoms with van der Waals surface area (Å²) < 4.78 is 5.04. The van der Waals surface area contributed by atoms with Gasteiger partial charge in [-0.25, -0.2) is 4.79 Å². The van der Waals surface area contributed by atoms with Gasteiger partial charge in [0.25, 0.3) is 0 Å². The molecular weight excluding hydrogens is 340 g/mol. The molecule has 0 heterocycles. The van der Waals surface area contributed by atoms with Crippen LogP contribution in [0.1, 0.15) is 73.1 Å². The molecule has 2 aliphatic carbocycles. The van der Waals surface area contributed by atoms with Gasteiger partial charge in [-0.15, -0.1) is 0 Å². The topological polar surface area (TPSA) is 66.8 Å². The first kappa shape index (κ1) is 22.2. The third-order valence-corrected chi connectivity index (χ3v) is 7.18. The van der Waals surface area contributed by atoms with E-state index >= 15 is 0 Å². The van der Waals surface area contributed by atoms with Crippen molar-refractivity contribution in [3.8, 4) is 0 Å². The van der Waals surface area contributed by atoms with Gasteiger partial charge in [0.15, 0.2) is 0 Å². The molecular formula is C23H38O4. The summed E-state index contributed by atoms with van der Waals surface area (Å²) >= 11 is 0. The van der Waals surface area contributed by atoms with E-state index in [9.17, 15) is 4.79 Å². The van der Waals surface area contributed by atoms with Crippen molar-refractivity contribution in [2.45, 2.75) is 79.2 Å². The van der Waals surface area contributed by atoms with E-state index in [2.05, 4.69) is 33.8 Å². The number of ether oxygens (including phenoxy) is 1. The van der Waals surface area contributed by atoms with Crippen molar-refractivity contribution in [2.75, 3.05) is 13.2 Å². The van der Waals surface area contributed by atoms with Crippen LogP contribution in [0.15, 0.2) is 23.3 Å². The van der Waals surface area contributed by atoms with Crippen molar-refractivity contribution < 1.29 is 19.7 Å². The fourth-order valence-corrected chi connectivity index (χ4v) is 5.67. The first-order valence-electron chi connectivity index (χ1n) is 10.4. The minimum Gasteiger partial charge on any atom is -0.454 e. The summed E-state index contributed by atoms with van der Waals surface area (Å²) in [5.74, 6) is 0.786. The Kier molecular flexibility index (Phi) is 7.32. The Labute approximate surface area is 164 Å². The number of aliphatic hydroxyl groups excluding tert-OH is 2. The monoisotopic (exact) mass is 378 g/mol. The summed E-state index contributed by atoms with van der Waals surface area (Å²) in [4.78, 5) is 11.9. The number of carbonyl (C=O) groups excluding carboxylic acids is 1. The molecule has 0 spiro atoms. The molecule has 2 rings (SSSR count). The average Bonchev–Trinajstić information content (AvgIpc) is 2.58. The van der Waals surface area contributed by atoms with Crippen molar-refractivity contribution >= 4 is 5.97 Å². The standard InChI is InChI=1S/C23H38O4/c1-16(13-21(26)27-18(14-24)15-25)7-9-19-17(2)8-10-20-22(3,4)11-6-12-23(19,20)5/h8,13,18-20,24-25H,6-7,9-12,14-15H2,1-5H3/b16-13+/t19-,20-,23+/m0/s1. The lowest BCUT2D eigenvalue weighted by molar-refractivity contribution is -0.147. The molecule has 0 aromatic carbocycles. The molecule has 4 nitrogen and oxygen atoms in total. The van der Waals surface area contributed by atoms with Gasteiger partial charge in [0.1, 0.15) is 6.10 Å². The zero-order valence-electron chi connectivity index (χ0n) is 17.8. The van der Waals surface area contributed by atoms with Crippen LogP contribution < -0.4 is 0 Å². The predicted molar refractivity (Wildman–Crippen MR) is 108 cm³/mol. The van der Waals surface area contributed by atoms with Gasteiger partial charge in [-0.1, -0.05) is 44.4 Å². The second kappa shape index (κ2) is 8.91. The second-order valence-corrected chi connectivity index (χ2v) is 9.59. The van der Waals surface area contributed by atoms with E-state index in [0.717, 1.165) is 24.3 Å². The predicted octanol–water partition coefficient (Wildman–Crippen LogP) is 4.41. The SMILES string of the molecule is CC1=CC[C@H]2C(C)(C)CCC[C@]2(C)[C@H]1CC/C(C)=C/C(=O)OC(CO)CO. The summed E-state index contributed by atoms with van der Waals surface area (Å²) in [5.41, 5.74) is 3.21. The molecule has 0 aromatic rings. The van der Waals surface area contributed by atoms with Gasteiger partial charge in [-0.05, 0) is 68.6 Å². The van der Waals surface area contributed by atoms with Gasteiger partial charge in [-0.3, -0.25) is 0 Å². The number of hydrogen-bond acceptors (Lipinski definition) is 4. The highest BCUT2D eigenvalue weighted by atomic mass is 16.6. The van der Waals surface area contributed by atoms with E-state index in [1.54, 1.807) is 0 Å². The van der Waals surface area contributed by atoms with E-state index in [4.69, 9.17) is 14.9 Å². The molecule has 0 aromatic heterocycles. The van der Waals surface area contributed by atoms with Gasteiger partial charge in [0.05, 0.1) is 13.2 Å². The number of fused-ring (bicyclic) bond motifs is 1. The van der Waals surface area contributed by atoms with Gasteiger partial charge < -0.3 is 14.9 Å². The van der Waals surface area contributed by atoms with Gasteiger partial charge in [-0.2, -0.15) is 0 Å². The normalized spacial score (nSPS) is 30.7. The first-order chi connectivity index (χ1) is 12.6. The van der Waals surface area contributed by atoms with E-state index in [-0.39, 0.29) is 13.2 Å². The minimum atomic E-state index is -0.839. The molecule has 0 unspecified atom stereocenters. The highest BCUT2D eigenvalue weighted by Gasteiger charge is 2.51. The molecule has 2 aliphatic rings. The molecule has 1 fully saturated rings. The van der Waals surface area contributed by atoms with Crippen LogP contribution in [0, 0.1) is 22.7 Å². The van der Waals surface area contributed by atoms with Crippen LogP contribution in [0.5, 0.6) is 0 Å². The Bertz CT molecular complexity index is 585. The van der Waals surface area contributed by atoms with E-state index < -0.39 is 12.1 Å². The zero-order valence-corrected chi connectivity index (χ0v) is 17.8. The molecule has 0 radical (unpaired) electrons. The molecule has 2 N–H and O–H groups in total. The lowest BCUT2D eigenvalue weighted by atomic mass is 9.48. The maximum atomic E-state index is 11.9. The smallest absolute Gasteiger partial charge is 0.331 e. The fraction of sp³-hybridized carbons (Fsp3) is 0.783. The van der Waals surface area contributed by atoms with Crippen LogP contribution in [-0.4, -0.2) is 35.5 Å². The Morgan fingerprint density at radius 1 is 1.30 bits per heavy atom. The average molecular weight is 379 g/mol. The van der Waals surface area contributed by atoms with Crippen LogP contribution in [0.2, 0.25) is 0 Å². The molecule has 27 heavy (non-hydrogen) atoms. The summed E-state index contributed by atoms with van der Waals surface area (Å²) in [6.07, 6.45) is 10.1. The number of carbonyl (C=O) groups is 1. The van der Waals surface area contributed by atoms with E-state index in [0.29, 0.717) is 16.7 Å². The minimum absolute atomic E-state index is 0.334. The van der Waals surface area contributed by atoms with Crippen LogP contribution in [0.25, 0.3) is 0 Å². The Balaban J connectivity index is 2.05. The Morgan fingerprint density at radius 2 is 1.96 bits per heavy atom. The van der Waals surface area contributed by atoms with Gasteiger partial charge in [0.2, 0.25) is 0 Å². The lowest BCUT2D eigenvalue weighted by Gasteiger charge is -2.57. The van der Waals surface area contributed by atoms with Crippen molar-refractivity contribution in [3.05, 3.63) is 23.3 Å². The largest absolute Gasteiger partial charge is 0.454 e. The number of rotatable bonds is 7. The van der Waals surface area contributed by atoms with Crippen molar-refractivity contribution in [2.24, 2.45) is 22.7 Å². The lowest BCUT2D eigenvalue weighted by Crippen LogP contribution is -2.48. The summed E-state index contributed by atoms with van der Waals surface area (Å²) in [5, 5.41) is 18.1. The summed E-state index contributed by atoms with van der Waals surface area (Å²) in [7, 11) is 0. The number of hydrogen-bond donors (Lipinski definition) is 2. The van der Waals surface area contributed by atoms with Gasteiger partial charge >= 0.3 is 5.97 Å². The Hall–Kier alpha value is -1.13. The van der Waals surface area contributed by atoms with E-state index in [1.165, 1.54) is 37.3 Å². The van der Waals surface area contributed by atoms with Crippen molar-refractivity contribution in [3.63, 3.8) is 0 Å². The zero-order chi connectivity index (χ0) is 20.2. The van der Waals surface area contributed by atoms with E-state index in [1.807, 2.05) is 6.92 Å². The number of esters is 1. The maximum Gasteiger partial charge on any atom is 0.331 e. The van der Waals surface area contributed by atoms with Crippen LogP contribution in [0.4, 0.5) is 0 Å². The molecule has 0 bridgehead atoms. The molecule has 0 amide bonds. The third kappa shape index (κ3) is 5.03. The molecule has 0 aliphatic heterocycles. The molecule has 154 valence electrons. The first-order valence-corrected chi connectivity index (χ1v) is 10.4. The van der Waals surface area contributed by atoms with Crippen molar-refractivity contribution in [1.82, 2.24) is 0 Å². The van der Waals surface area contributed by atoms with Crippen molar-refractivity contribution in [1.29, 1.82) is 0 Å². The maximum absolute atomic E-state index is 11.9. The summed E-state index contributed by atoms with van der Waals surface area (Å²) in [6, 6.07) is 0. The third-order valence-electron chi connectivity index (χ3n) is 7.18. The van der Waals surface area contributed by atoms with Crippen LogP contribution in [-0.2, 0) is 9.53 Å². The highest BCUT2D eigenvalue weighted by molar-refractivity contribution is 5.82. The van der Waals surface area contributed by atoms with Crippen LogP contribution >= 0.6 is 0 Å². The molecule has 3 atom stereocenters.